The first-order valence-electron chi connectivity index (χ1n) is 7.70. The third-order valence-corrected chi connectivity index (χ3v) is 3.99. The molecule has 0 spiro atoms. The number of rotatable bonds is 4. The molecule has 3 rings (SSSR count). The molecule has 4 heteroatoms. The third-order valence-electron chi connectivity index (χ3n) is 3.99. The maximum absolute atomic E-state index is 4.58. The number of benzene rings is 1. The molecule has 0 aliphatic carbocycles. The largest absolute Gasteiger partial charge is 0.355 e. The molecule has 0 fully saturated rings. The van der Waals surface area contributed by atoms with Crippen LogP contribution in [0.15, 0.2) is 36.7 Å². The zero-order valence-electron chi connectivity index (χ0n) is 12.5. The quantitative estimate of drug-likeness (QED) is 0.933. The number of nitrogens with zero attached hydrogens (tertiary/aromatic N) is 3. The number of fused-ring (bicyclic) bond motifs is 1. The number of nitrogens with one attached hydrogen (secondary N) is 1. The highest BCUT2D eigenvalue weighted by molar-refractivity contribution is 5.39. The van der Waals surface area contributed by atoms with Crippen LogP contribution in [0.1, 0.15) is 23.7 Å². The van der Waals surface area contributed by atoms with Crippen molar-refractivity contribution in [1.29, 1.82) is 0 Å². The van der Waals surface area contributed by atoms with Crippen molar-refractivity contribution in [2.75, 3.05) is 24.5 Å². The summed E-state index contributed by atoms with van der Waals surface area (Å²) in [6.07, 6.45) is 5.95. The van der Waals surface area contributed by atoms with Crippen molar-refractivity contribution in [1.82, 2.24) is 15.3 Å². The standard InChI is InChI=1S/C17H22N4/c1-2-18-11-16-12-20-17(13-19-16)21-9-7-14-5-3-4-6-15(14)8-10-21/h3-6,12-13,18H,2,7-11H2,1H3. The Balaban J connectivity index is 1.68. The summed E-state index contributed by atoms with van der Waals surface area (Å²) in [6.45, 7) is 5.86. The molecule has 4 nitrogen and oxygen atoms in total. The molecule has 2 aromatic rings. The first-order valence-corrected chi connectivity index (χ1v) is 7.70. The van der Waals surface area contributed by atoms with Crippen LogP contribution in [-0.4, -0.2) is 29.6 Å². The van der Waals surface area contributed by atoms with Crippen LogP contribution in [0.5, 0.6) is 0 Å². The van der Waals surface area contributed by atoms with Gasteiger partial charge in [-0.3, -0.25) is 4.98 Å². The van der Waals surface area contributed by atoms with Gasteiger partial charge in [-0.2, -0.15) is 0 Å². The predicted octanol–water partition coefficient (Wildman–Crippen LogP) is 2.19. The first kappa shape index (κ1) is 14.0. The highest BCUT2D eigenvalue weighted by atomic mass is 15.2. The van der Waals surface area contributed by atoms with E-state index in [1.165, 1.54) is 11.1 Å². The van der Waals surface area contributed by atoms with Crippen molar-refractivity contribution in [3.8, 4) is 0 Å². The Morgan fingerprint density at radius 1 is 1.05 bits per heavy atom. The smallest absolute Gasteiger partial charge is 0.147 e. The summed E-state index contributed by atoms with van der Waals surface area (Å²) in [5.41, 5.74) is 3.94. The van der Waals surface area contributed by atoms with Crippen LogP contribution in [0, 0.1) is 0 Å². The Bertz CT molecular complexity index is 553. The summed E-state index contributed by atoms with van der Waals surface area (Å²) in [5, 5.41) is 3.27. The van der Waals surface area contributed by atoms with Gasteiger partial charge in [0.25, 0.3) is 0 Å². The summed E-state index contributed by atoms with van der Waals surface area (Å²) in [7, 11) is 0. The van der Waals surface area contributed by atoms with Gasteiger partial charge >= 0.3 is 0 Å². The normalized spacial score (nSPS) is 14.6. The van der Waals surface area contributed by atoms with Crippen LogP contribution in [0.25, 0.3) is 0 Å². The second kappa shape index (κ2) is 6.68. The lowest BCUT2D eigenvalue weighted by Gasteiger charge is -2.21. The van der Waals surface area contributed by atoms with Gasteiger partial charge in [0.2, 0.25) is 0 Å². The molecule has 1 aliphatic rings. The Hall–Kier alpha value is -1.94. The van der Waals surface area contributed by atoms with Gasteiger partial charge in [-0.05, 0) is 30.5 Å². The van der Waals surface area contributed by atoms with Crippen LogP contribution in [-0.2, 0) is 19.4 Å². The number of aromatic nitrogens is 2. The van der Waals surface area contributed by atoms with E-state index in [9.17, 15) is 0 Å². The first-order chi connectivity index (χ1) is 10.4. The van der Waals surface area contributed by atoms with Gasteiger partial charge in [0.1, 0.15) is 5.82 Å². The summed E-state index contributed by atoms with van der Waals surface area (Å²) >= 11 is 0. The summed E-state index contributed by atoms with van der Waals surface area (Å²) < 4.78 is 0. The topological polar surface area (TPSA) is 41.1 Å². The van der Waals surface area contributed by atoms with Crippen molar-refractivity contribution in [2.45, 2.75) is 26.3 Å². The predicted molar refractivity (Wildman–Crippen MR) is 85.5 cm³/mol. The van der Waals surface area contributed by atoms with Crippen LogP contribution >= 0.6 is 0 Å². The second-order valence-electron chi connectivity index (χ2n) is 5.40. The molecule has 21 heavy (non-hydrogen) atoms. The molecule has 1 N–H and O–H groups in total. The third kappa shape index (κ3) is 3.39. The highest BCUT2D eigenvalue weighted by Gasteiger charge is 2.14. The zero-order chi connectivity index (χ0) is 14.5. The van der Waals surface area contributed by atoms with Gasteiger partial charge in [0, 0.05) is 19.6 Å². The minimum absolute atomic E-state index is 0.787. The van der Waals surface area contributed by atoms with E-state index in [0.29, 0.717) is 0 Å². The second-order valence-corrected chi connectivity index (χ2v) is 5.40. The molecule has 0 unspecified atom stereocenters. The minimum atomic E-state index is 0.787. The van der Waals surface area contributed by atoms with Crippen LogP contribution in [0.4, 0.5) is 5.82 Å². The monoisotopic (exact) mass is 282 g/mol. The minimum Gasteiger partial charge on any atom is -0.355 e. The van der Waals surface area contributed by atoms with Gasteiger partial charge < -0.3 is 10.2 Å². The Morgan fingerprint density at radius 3 is 2.33 bits per heavy atom. The molecule has 2 heterocycles. The van der Waals surface area contributed by atoms with Gasteiger partial charge in [-0.25, -0.2) is 4.98 Å². The highest BCUT2D eigenvalue weighted by Crippen LogP contribution is 2.19. The molecule has 0 atom stereocenters. The molecule has 110 valence electrons. The lowest BCUT2D eigenvalue weighted by molar-refractivity contribution is 0.704. The fourth-order valence-electron chi connectivity index (χ4n) is 2.75. The van der Waals surface area contributed by atoms with Crippen molar-refractivity contribution >= 4 is 5.82 Å². The molecule has 0 bridgehead atoms. The van der Waals surface area contributed by atoms with E-state index in [1.807, 2.05) is 12.4 Å². The van der Waals surface area contributed by atoms with Crippen LogP contribution in [0.3, 0.4) is 0 Å². The molecule has 0 saturated heterocycles. The molecule has 0 saturated carbocycles. The van der Waals surface area contributed by atoms with Gasteiger partial charge in [-0.15, -0.1) is 0 Å². The van der Waals surface area contributed by atoms with Gasteiger partial charge in [-0.1, -0.05) is 31.2 Å². The van der Waals surface area contributed by atoms with E-state index in [-0.39, 0.29) is 0 Å². The number of hydrogen-bond donors (Lipinski definition) is 1. The van der Waals surface area contributed by atoms with Crippen molar-refractivity contribution in [3.63, 3.8) is 0 Å². The Morgan fingerprint density at radius 2 is 1.76 bits per heavy atom. The van der Waals surface area contributed by atoms with E-state index >= 15 is 0 Å². The zero-order valence-corrected chi connectivity index (χ0v) is 12.5. The van der Waals surface area contributed by atoms with Gasteiger partial charge in [0.05, 0.1) is 18.1 Å². The number of hydrogen-bond acceptors (Lipinski definition) is 4. The van der Waals surface area contributed by atoms with E-state index in [4.69, 9.17) is 0 Å². The lowest BCUT2D eigenvalue weighted by atomic mass is 10.0. The molecule has 1 aromatic carbocycles. The Labute approximate surface area is 126 Å². The van der Waals surface area contributed by atoms with Crippen molar-refractivity contribution in [3.05, 3.63) is 53.5 Å². The fraction of sp³-hybridized carbons (Fsp3) is 0.412. The molecule has 1 aromatic heterocycles. The maximum atomic E-state index is 4.58. The molecular formula is C17H22N4. The molecule has 0 amide bonds. The summed E-state index contributed by atoms with van der Waals surface area (Å²) in [4.78, 5) is 11.4. The van der Waals surface area contributed by atoms with E-state index in [2.05, 4.69) is 51.4 Å². The van der Waals surface area contributed by atoms with E-state index in [1.54, 1.807) is 0 Å². The van der Waals surface area contributed by atoms with Gasteiger partial charge in [0.15, 0.2) is 0 Å². The van der Waals surface area contributed by atoms with E-state index < -0.39 is 0 Å². The van der Waals surface area contributed by atoms with E-state index in [0.717, 1.165) is 50.5 Å². The van der Waals surface area contributed by atoms with Crippen LogP contribution in [0.2, 0.25) is 0 Å². The van der Waals surface area contributed by atoms with Crippen LogP contribution < -0.4 is 10.2 Å². The number of anilines is 1. The molecule has 0 radical (unpaired) electrons. The average Bonchev–Trinajstić information content (AvgIpc) is 2.76. The fourth-order valence-corrected chi connectivity index (χ4v) is 2.75. The summed E-state index contributed by atoms with van der Waals surface area (Å²) in [6, 6.07) is 8.74. The SMILES string of the molecule is CCNCc1cnc(N2CCc3ccccc3CC2)cn1. The Kier molecular flexibility index (Phi) is 4.46. The summed E-state index contributed by atoms with van der Waals surface area (Å²) in [5.74, 6) is 0.989. The molecule has 1 aliphatic heterocycles. The average molecular weight is 282 g/mol. The van der Waals surface area contributed by atoms with Crippen molar-refractivity contribution in [2.24, 2.45) is 0 Å². The maximum Gasteiger partial charge on any atom is 0.147 e. The lowest BCUT2D eigenvalue weighted by Crippen LogP contribution is -2.27. The van der Waals surface area contributed by atoms with Crippen molar-refractivity contribution < 1.29 is 0 Å². The molecular weight excluding hydrogens is 260 g/mol.